The van der Waals surface area contributed by atoms with Crippen LogP contribution in [-0.4, -0.2) is 44.3 Å². The van der Waals surface area contributed by atoms with Crippen LogP contribution in [0.25, 0.3) is 0 Å². The Morgan fingerprint density at radius 2 is 2.25 bits per heavy atom. The van der Waals surface area contributed by atoms with E-state index < -0.39 is 11.0 Å². The number of aromatic nitrogens is 2. The smallest absolute Gasteiger partial charge is 0.306 e. The summed E-state index contributed by atoms with van der Waals surface area (Å²) in [4.78, 5) is 13.6. The molecule has 0 radical (unpaired) electrons. The van der Waals surface area contributed by atoms with E-state index in [0.717, 1.165) is 18.7 Å². The molecule has 1 N–H and O–H groups in total. The Morgan fingerprint density at radius 3 is 3.00 bits per heavy atom. The molecule has 1 aromatic heterocycles. The Morgan fingerprint density at radius 1 is 1.46 bits per heavy atom. The molecule has 0 amide bonds. The molecule has 1 aromatic carbocycles. The molecule has 0 bridgehead atoms. The van der Waals surface area contributed by atoms with E-state index in [1.807, 2.05) is 23.9 Å². The van der Waals surface area contributed by atoms with Gasteiger partial charge in [0.15, 0.2) is 0 Å². The fourth-order valence-electron chi connectivity index (χ4n) is 2.82. The molecule has 1 aliphatic heterocycles. The van der Waals surface area contributed by atoms with Crippen molar-refractivity contribution in [2.75, 3.05) is 18.0 Å². The molecule has 128 valence electrons. The van der Waals surface area contributed by atoms with Crippen molar-refractivity contribution in [1.29, 1.82) is 0 Å². The fourth-order valence-corrected chi connectivity index (χ4v) is 3.95. The van der Waals surface area contributed by atoms with E-state index in [1.165, 1.54) is 22.0 Å². The van der Waals surface area contributed by atoms with E-state index >= 15 is 0 Å². The molecule has 8 heteroatoms. The van der Waals surface area contributed by atoms with Crippen molar-refractivity contribution < 1.29 is 10.0 Å². The van der Waals surface area contributed by atoms with Crippen LogP contribution in [-0.2, 0) is 6.54 Å². The number of aliphatic hydroxyl groups is 1. The summed E-state index contributed by atoms with van der Waals surface area (Å²) < 4.78 is 1.42. The Bertz CT molecular complexity index is 721. The van der Waals surface area contributed by atoms with Gasteiger partial charge < -0.3 is 10.0 Å². The van der Waals surface area contributed by atoms with Gasteiger partial charge in [-0.15, -0.1) is 11.8 Å². The van der Waals surface area contributed by atoms with Gasteiger partial charge in [-0.05, 0) is 18.6 Å². The first-order valence-electron chi connectivity index (χ1n) is 7.88. The number of para-hydroxylation sites is 1. The molecule has 3 rings (SSSR count). The number of fused-ring (bicyclic) bond motifs is 1. The Kier molecular flexibility index (Phi) is 5.06. The van der Waals surface area contributed by atoms with Crippen molar-refractivity contribution in [2.24, 2.45) is 0 Å². The van der Waals surface area contributed by atoms with Crippen molar-refractivity contribution in [3.05, 3.63) is 46.8 Å². The van der Waals surface area contributed by atoms with Gasteiger partial charge in [0.1, 0.15) is 12.4 Å². The number of nitro groups is 1. The van der Waals surface area contributed by atoms with Crippen LogP contribution in [0.1, 0.15) is 13.3 Å². The summed E-state index contributed by atoms with van der Waals surface area (Å²) in [5, 5.41) is 25.6. The Labute approximate surface area is 144 Å². The molecule has 0 fully saturated rings. The zero-order valence-electron chi connectivity index (χ0n) is 13.4. The molecule has 2 aromatic rings. The van der Waals surface area contributed by atoms with Crippen molar-refractivity contribution >= 4 is 23.1 Å². The molecule has 0 saturated heterocycles. The lowest BCUT2D eigenvalue weighted by Crippen LogP contribution is -2.35. The molecular weight excluding hydrogens is 328 g/mol. The normalized spacial score (nSPS) is 18.8. The van der Waals surface area contributed by atoms with Gasteiger partial charge in [-0.2, -0.15) is 5.10 Å². The van der Waals surface area contributed by atoms with Crippen LogP contribution in [0.2, 0.25) is 0 Å². The largest absolute Gasteiger partial charge is 0.389 e. The summed E-state index contributed by atoms with van der Waals surface area (Å²) in [6, 6.07) is 8.22. The maximum Gasteiger partial charge on any atom is 0.306 e. The zero-order chi connectivity index (χ0) is 17.1. The Balaban J connectivity index is 1.69. The van der Waals surface area contributed by atoms with E-state index in [1.54, 1.807) is 0 Å². The van der Waals surface area contributed by atoms with E-state index in [0.29, 0.717) is 11.8 Å². The number of rotatable bonds is 5. The second-order valence-corrected chi connectivity index (χ2v) is 7.44. The molecule has 0 spiro atoms. The molecule has 0 saturated carbocycles. The maximum absolute atomic E-state index is 10.7. The summed E-state index contributed by atoms with van der Waals surface area (Å²) in [5.41, 5.74) is 1.07. The van der Waals surface area contributed by atoms with E-state index in [-0.39, 0.29) is 12.2 Å². The number of anilines is 1. The highest BCUT2D eigenvalue weighted by Crippen LogP contribution is 2.37. The number of thioether (sulfide) groups is 1. The summed E-state index contributed by atoms with van der Waals surface area (Å²) in [7, 11) is 0. The average Bonchev–Trinajstić information content (AvgIpc) is 2.94. The predicted molar refractivity (Wildman–Crippen MR) is 93.5 cm³/mol. The number of aliphatic hydroxyl groups excluding tert-OH is 1. The van der Waals surface area contributed by atoms with Crippen molar-refractivity contribution in [2.45, 2.75) is 36.1 Å². The van der Waals surface area contributed by atoms with Crippen LogP contribution < -0.4 is 4.90 Å². The predicted octanol–water partition coefficient (Wildman–Crippen LogP) is 2.54. The molecular formula is C16H20N4O3S. The van der Waals surface area contributed by atoms with Gasteiger partial charge in [0.2, 0.25) is 0 Å². The lowest BCUT2D eigenvalue weighted by atomic mass is 10.2. The van der Waals surface area contributed by atoms with Gasteiger partial charge in [0.25, 0.3) is 0 Å². The second kappa shape index (κ2) is 7.23. The van der Waals surface area contributed by atoms with Crippen LogP contribution >= 0.6 is 11.8 Å². The van der Waals surface area contributed by atoms with Crippen molar-refractivity contribution in [1.82, 2.24) is 9.78 Å². The van der Waals surface area contributed by atoms with E-state index in [4.69, 9.17) is 0 Å². The third-order valence-electron chi connectivity index (χ3n) is 4.00. The highest BCUT2D eigenvalue weighted by molar-refractivity contribution is 8.00. The average molecular weight is 348 g/mol. The van der Waals surface area contributed by atoms with Gasteiger partial charge >= 0.3 is 5.69 Å². The number of nitrogens with zero attached hydrogens (tertiary/aromatic N) is 4. The second-order valence-electron chi connectivity index (χ2n) is 5.96. The first kappa shape index (κ1) is 16.8. The monoisotopic (exact) mass is 348 g/mol. The number of benzene rings is 1. The molecule has 7 nitrogen and oxygen atoms in total. The topological polar surface area (TPSA) is 84.4 Å². The summed E-state index contributed by atoms with van der Waals surface area (Å²) in [6.45, 7) is 3.79. The molecule has 1 aliphatic rings. The molecule has 2 atom stereocenters. The van der Waals surface area contributed by atoms with Gasteiger partial charge in [-0.3, -0.25) is 14.8 Å². The first-order valence-corrected chi connectivity index (χ1v) is 8.76. The van der Waals surface area contributed by atoms with Gasteiger partial charge in [-0.1, -0.05) is 19.1 Å². The standard InChI is InChI=1S/C16H20N4O3S/c1-12-6-7-18(15-4-2-3-5-16(15)24-12)10-14(21)11-19-9-13(8-17-19)20(22)23/h2-5,8-9,12,14,21H,6-7,10-11H2,1H3/t12-,14+/m0/s1. The van der Waals surface area contributed by atoms with Crippen LogP contribution in [0, 0.1) is 10.1 Å². The minimum Gasteiger partial charge on any atom is -0.389 e. The molecule has 24 heavy (non-hydrogen) atoms. The lowest BCUT2D eigenvalue weighted by molar-refractivity contribution is -0.385. The van der Waals surface area contributed by atoms with E-state index in [9.17, 15) is 15.2 Å². The summed E-state index contributed by atoms with van der Waals surface area (Å²) in [6.07, 6.45) is 2.93. The summed E-state index contributed by atoms with van der Waals surface area (Å²) in [5.74, 6) is 0. The minimum atomic E-state index is -0.657. The third kappa shape index (κ3) is 3.88. The first-order chi connectivity index (χ1) is 11.5. The van der Waals surface area contributed by atoms with Crippen LogP contribution in [0.15, 0.2) is 41.6 Å². The molecule has 0 aliphatic carbocycles. The highest BCUT2D eigenvalue weighted by atomic mass is 32.2. The SMILES string of the molecule is C[C@H]1CCN(C[C@@H](O)Cn2cc([N+](=O)[O-])cn2)c2ccccc2S1. The van der Waals surface area contributed by atoms with Crippen LogP contribution in [0.4, 0.5) is 11.4 Å². The van der Waals surface area contributed by atoms with Crippen molar-refractivity contribution in [3.63, 3.8) is 0 Å². The number of β-amino-alcohol motifs (C(OH)–C–C–N with tert-alkyl or cyclic N) is 1. The lowest BCUT2D eigenvalue weighted by Gasteiger charge is -2.27. The zero-order valence-corrected chi connectivity index (χ0v) is 14.2. The number of hydrogen-bond acceptors (Lipinski definition) is 6. The van der Waals surface area contributed by atoms with Crippen molar-refractivity contribution in [3.8, 4) is 0 Å². The molecule has 0 unspecified atom stereocenters. The fraction of sp³-hybridized carbons (Fsp3) is 0.438. The highest BCUT2D eigenvalue weighted by Gasteiger charge is 2.22. The van der Waals surface area contributed by atoms with Crippen LogP contribution in [0.5, 0.6) is 0 Å². The minimum absolute atomic E-state index is 0.0625. The number of hydrogen-bond donors (Lipinski definition) is 1. The van der Waals surface area contributed by atoms with Gasteiger partial charge in [-0.25, -0.2) is 0 Å². The maximum atomic E-state index is 10.7. The van der Waals surface area contributed by atoms with Gasteiger partial charge in [0, 0.05) is 23.2 Å². The van der Waals surface area contributed by atoms with Gasteiger partial charge in [0.05, 0.1) is 23.3 Å². The Hall–Kier alpha value is -2.06. The van der Waals surface area contributed by atoms with E-state index in [2.05, 4.69) is 29.1 Å². The summed E-state index contributed by atoms with van der Waals surface area (Å²) >= 11 is 1.86. The van der Waals surface area contributed by atoms with Crippen LogP contribution in [0.3, 0.4) is 0 Å². The molecule has 2 heterocycles. The third-order valence-corrected chi connectivity index (χ3v) is 5.24. The quantitative estimate of drug-likeness (QED) is 0.660.